The molecule has 0 aromatic heterocycles. The number of ether oxygens (including phenoxy) is 3. The number of carbonyl (C=O) groups excluding carboxylic acids is 3. The first-order chi connectivity index (χ1) is 17.1. The molecule has 0 spiro atoms. The van der Waals surface area contributed by atoms with Gasteiger partial charge in [0.2, 0.25) is 0 Å². The third kappa shape index (κ3) is 8.38. The summed E-state index contributed by atoms with van der Waals surface area (Å²) in [6.07, 6.45) is 2.37. The van der Waals surface area contributed by atoms with Crippen LogP contribution < -0.4 is 10.1 Å². The number of esters is 1. The summed E-state index contributed by atoms with van der Waals surface area (Å²) in [7, 11) is 1.24. The van der Waals surface area contributed by atoms with Crippen LogP contribution in [0.4, 0.5) is 4.79 Å². The Bertz CT molecular complexity index is 1060. The summed E-state index contributed by atoms with van der Waals surface area (Å²) in [4.78, 5) is 39.6. The normalized spacial score (nSPS) is 19.1. The molecule has 0 bridgehead atoms. The molecule has 0 radical (unpaired) electrons. The van der Waals surface area contributed by atoms with Gasteiger partial charge in [-0.25, -0.2) is 9.59 Å². The topological polar surface area (TPSA) is 122 Å². The number of thioether (sulfide) groups is 1. The molecule has 0 unspecified atom stereocenters. The van der Waals surface area contributed by atoms with Gasteiger partial charge in [-0.05, 0) is 44.7 Å². The van der Waals surface area contributed by atoms with E-state index in [0.29, 0.717) is 32.0 Å². The molecule has 36 heavy (non-hydrogen) atoms. The lowest BCUT2D eigenvalue weighted by atomic mass is 10.2. The van der Waals surface area contributed by atoms with E-state index in [1.807, 2.05) is 45.0 Å². The largest absolute Gasteiger partial charge is 0.492 e. The van der Waals surface area contributed by atoms with Crippen molar-refractivity contribution in [2.75, 3.05) is 46.4 Å². The maximum Gasteiger partial charge on any atom is 0.410 e. The molecule has 0 saturated carbocycles. The minimum atomic E-state index is -0.617. The van der Waals surface area contributed by atoms with E-state index in [2.05, 4.69) is 25.2 Å². The average molecular weight is 518 g/mol. The molecule has 2 saturated heterocycles. The first kappa shape index (κ1) is 27.2. The number of hydrogen-bond donors (Lipinski definition) is 1. The lowest BCUT2D eigenvalue weighted by molar-refractivity contribution is -0.135. The SMILES string of the molecule is COC(=O)/C=C1/S/C(=N\N=Cc2ccccc2OCCN2CCN(C(=O)OC(C)(C)C)CC2)NC1=O. The van der Waals surface area contributed by atoms with Gasteiger partial charge in [0.25, 0.3) is 5.91 Å². The van der Waals surface area contributed by atoms with E-state index in [0.717, 1.165) is 36.5 Å². The Hall–Kier alpha value is -3.38. The molecule has 1 N–H and O–H groups in total. The molecular weight excluding hydrogens is 486 g/mol. The second-order valence-electron chi connectivity index (χ2n) is 8.93. The van der Waals surface area contributed by atoms with Crippen LogP contribution in [0.1, 0.15) is 26.3 Å². The Kier molecular flexibility index (Phi) is 9.48. The number of hydrogen-bond acceptors (Lipinski definition) is 10. The predicted molar refractivity (Wildman–Crippen MR) is 137 cm³/mol. The number of amides is 2. The fourth-order valence-electron chi connectivity index (χ4n) is 3.27. The van der Waals surface area contributed by atoms with Gasteiger partial charge in [0, 0.05) is 44.4 Å². The molecule has 2 aliphatic rings. The molecule has 0 aliphatic carbocycles. The summed E-state index contributed by atoms with van der Waals surface area (Å²) in [5, 5.41) is 10.9. The summed E-state index contributed by atoms with van der Waals surface area (Å²) in [6, 6.07) is 7.43. The second-order valence-corrected chi connectivity index (χ2v) is 9.96. The van der Waals surface area contributed by atoms with Crippen LogP contribution in [-0.2, 0) is 19.1 Å². The first-order valence-electron chi connectivity index (χ1n) is 11.5. The fourth-order valence-corrected chi connectivity index (χ4v) is 4.01. The number of nitrogens with zero attached hydrogens (tertiary/aromatic N) is 4. The Morgan fingerprint density at radius 1 is 1.17 bits per heavy atom. The molecule has 12 heteroatoms. The zero-order valence-corrected chi connectivity index (χ0v) is 21.7. The molecular formula is C24H31N5O6S. The monoisotopic (exact) mass is 517 g/mol. The third-order valence-electron chi connectivity index (χ3n) is 5.05. The number of methoxy groups -OCH3 is 1. The van der Waals surface area contributed by atoms with Crippen molar-refractivity contribution < 1.29 is 28.6 Å². The highest BCUT2D eigenvalue weighted by Crippen LogP contribution is 2.23. The molecule has 2 fully saturated rings. The van der Waals surface area contributed by atoms with Crippen LogP contribution in [0.3, 0.4) is 0 Å². The van der Waals surface area contributed by atoms with Crippen molar-refractivity contribution in [3.05, 3.63) is 40.8 Å². The van der Waals surface area contributed by atoms with E-state index in [1.54, 1.807) is 4.90 Å². The van der Waals surface area contributed by atoms with Crippen LogP contribution in [0.5, 0.6) is 5.75 Å². The van der Waals surface area contributed by atoms with Gasteiger partial charge in [0.05, 0.1) is 18.2 Å². The molecule has 3 rings (SSSR count). The smallest absolute Gasteiger partial charge is 0.410 e. The third-order valence-corrected chi connectivity index (χ3v) is 5.95. The number of benzene rings is 1. The van der Waals surface area contributed by atoms with E-state index in [-0.39, 0.29) is 16.2 Å². The van der Waals surface area contributed by atoms with E-state index < -0.39 is 17.5 Å². The molecule has 11 nitrogen and oxygen atoms in total. The lowest BCUT2D eigenvalue weighted by Crippen LogP contribution is -2.50. The van der Waals surface area contributed by atoms with Crippen molar-refractivity contribution in [3.63, 3.8) is 0 Å². The van der Waals surface area contributed by atoms with Gasteiger partial charge in [-0.15, -0.1) is 5.10 Å². The number of carbonyl (C=O) groups is 3. The minimum absolute atomic E-state index is 0.187. The first-order valence-corrected chi connectivity index (χ1v) is 12.3. The summed E-state index contributed by atoms with van der Waals surface area (Å²) >= 11 is 1.00. The fraction of sp³-hybridized carbons (Fsp3) is 0.458. The van der Waals surface area contributed by atoms with Crippen molar-refractivity contribution in [1.82, 2.24) is 15.1 Å². The van der Waals surface area contributed by atoms with Gasteiger partial charge >= 0.3 is 12.1 Å². The molecule has 0 atom stereocenters. The van der Waals surface area contributed by atoms with E-state index >= 15 is 0 Å². The number of piperazine rings is 1. The highest BCUT2D eigenvalue weighted by molar-refractivity contribution is 8.18. The number of para-hydroxylation sites is 1. The second kappa shape index (κ2) is 12.5. The van der Waals surface area contributed by atoms with Crippen LogP contribution in [0.2, 0.25) is 0 Å². The summed E-state index contributed by atoms with van der Waals surface area (Å²) in [6.45, 7) is 9.50. The highest BCUT2D eigenvalue weighted by atomic mass is 32.2. The molecule has 2 aliphatic heterocycles. The Labute approximate surface area is 214 Å². The molecule has 1 aromatic carbocycles. The van der Waals surface area contributed by atoms with Gasteiger partial charge in [-0.3, -0.25) is 15.0 Å². The quantitative estimate of drug-likeness (QED) is 0.253. The van der Waals surface area contributed by atoms with Crippen LogP contribution in [-0.4, -0.2) is 91.2 Å². The Morgan fingerprint density at radius 2 is 1.89 bits per heavy atom. The molecule has 2 amide bonds. The van der Waals surface area contributed by atoms with Crippen molar-refractivity contribution in [2.45, 2.75) is 26.4 Å². The average Bonchev–Trinajstić information content (AvgIpc) is 3.18. The lowest BCUT2D eigenvalue weighted by Gasteiger charge is -2.35. The predicted octanol–water partition coefficient (Wildman–Crippen LogP) is 2.23. The van der Waals surface area contributed by atoms with Gasteiger partial charge in [-0.1, -0.05) is 12.1 Å². The van der Waals surface area contributed by atoms with E-state index in [4.69, 9.17) is 9.47 Å². The Morgan fingerprint density at radius 3 is 2.58 bits per heavy atom. The zero-order chi connectivity index (χ0) is 26.1. The molecule has 1 aromatic rings. The van der Waals surface area contributed by atoms with Crippen LogP contribution in [0.15, 0.2) is 45.4 Å². The number of amidine groups is 1. The van der Waals surface area contributed by atoms with E-state index in [9.17, 15) is 14.4 Å². The standard InChI is InChI=1S/C24H31N5O6S/c1-24(2,3)35-23(32)29-11-9-28(10-12-29)13-14-34-18-8-6-5-7-17(18)16-25-27-22-26-21(31)19(36-22)15-20(30)33-4/h5-8,15-16H,9-14H2,1-4H3,(H,26,27,31)/b19-15+,25-16?. The van der Waals surface area contributed by atoms with Crippen LogP contribution in [0.25, 0.3) is 0 Å². The Balaban J connectivity index is 1.47. The van der Waals surface area contributed by atoms with Crippen molar-refractivity contribution in [2.24, 2.45) is 10.2 Å². The highest BCUT2D eigenvalue weighted by Gasteiger charge is 2.26. The van der Waals surface area contributed by atoms with Crippen molar-refractivity contribution in [1.29, 1.82) is 0 Å². The summed E-state index contributed by atoms with van der Waals surface area (Å²) < 4.78 is 15.9. The van der Waals surface area contributed by atoms with Gasteiger partial charge in [0.15, 0.2) is 5.17 Å². The number of nitrogens with one attached hydrogen (secondary N) is 1. The van der Waals surface area contributed by atoms with Crippen molar-refractivity contribution >= 4 is 41.1 Å². The van der Waals surface area contributed by atoms with Crippen LogP contribution >= 0.6 is 11.8 Å². The van der Waals surface area contributed by atoms with Crippen LogP contribution in [0, 0.1) is 0 Å². The number of rotatable bonds is 7. The zero-order valence-electron chi connectivity index (χ0n) is 20.9. The van der Waals surface area contributed by atoms with Gasteiger partial charge in [-0.2, -0.15) is 5.10 Å². The molecule has 2 heterocycles. The summed E-state index contributed by atoms with van der Waals surface area (Å²) in [5.41, 5.74) is 0.232. The van der Waals surface area contributed by atoms with E-state index in [1.165, 1.54) is 13.3 Å². The molecule has 194 valence electrons. The van der Waals surface area contributed by atoms with Gasteiger partial charge < -0.3 is 19.1 Å². The maximum atomic E-state index is 12.2. The summed E-state index contributed by atoms with van der Waals surface area (Å²) in [5.74, 6) is -0.397. The van der Waals surface area contributed by atoms with Gasteiger partial charge in [0.1, 0.15) is 18.0 Å². The van der Waals surface area contributed by atoms with Crippen molar-refractivity contribution in [3.8, 4) is 5.75 Å². The maximum absolute atomic E-state index is 12.2. The minimum Gasteiger partial charge on any atom is -0.492 e.